The number of hydrogen-bond donors (Lipinski definition) is 5. The maximum Gasteiger partial charge on any atom is 0.472 e. The Morgan fingerprint density at radius 2 is 1.41 bits per heavy atom. The molecule has 2 fully saturated rings. The van der Waals surface area contributed by atoms with Crippen LogP contribution in [0.3, 0.4) is 0 Å². The lowest BCUT2D eigenvalue weighted by atomic mass is 9.66. The van der Waals surface area contributed by atoms with Gasteiger partial charge in [0, 0.05) is 39.6 Å². The van der Waals surface area contributed by atoms with Gasteiger partial charge in [-0.15, -0.1) is 11.6 Å². The van der Waals surface area contributed by atoms with Crippen LogP contribution in [-0.2, 0) is 46.9 Å². The van der Waals surface area contributed by atoms with Gasteiger partial charge in [0.1, 0.15) is 24.4 Å². The maximum absolute atomic E-state index is 12.8. The molecule has 2 aliphatic rings. The number of ether oxygens (including phenoxy) is 5. The molecule has 1 saturated carbocycles. The third kappa shape index (κ3) is 26.6. The second-order valence-corrected chi connectivity index (χ2v) is 21.0. The van der Waals surface area contributed by atoms with Crippen LogP contribution in [0.2, 0.25) is 0 Å². The summed E-state index contributed by atoms with van der Waals surface area (Å²) in [6.07, 6.45) is 23.5. The van der Waals surface area contributed by atoms with Crippen molar-refractivity contribution in [1.29, 1.82) is 0 Å². The number of carbonyl (C=O) groups is 3. The zero-order valence-corrected chi connectivity index (χ0v) is 44.2. The molecule has 68 heavy (non-hydrogen) atoms. The highest BCUT2D eigenvalue weighted by molar-refractivity contribution is 7.47. The average molecular weight is 1010 g/mol. The van der Waals surface area contributed by atoms with Crippen LogP contribution >= 0.6 is 19.4 Å². The molecule has 6 N–H and O–H groups in total. The van der Waals surface area contributed by atoms with Crippen molar-refractivity contribution in [3.05, 3.63) is 11.6 Å². The summed E-state index contributed by atoms with van der Waals surface area (Å²) in [7, 11) is -2.87. The summed E-state index contributed by atoms with van der Waals surface area (Å²) in [5, 5.41) is 17.7. The first-order chi connectivity index (χ1) is 32.6. The minimum Gasteiger partial charge on any atom is -0.462 e. The molecule has 18 heteroatoms. The van der Waals surface area contributed by atoms with Gasteiger partial charge in [-0.3, -0.25) is 18.6 Å². The number of phosphoric ester groups is 1. The standard InChI is InChI=1S/C50H93ClN3O13P/c1-6-7-8-9-10-11-12-13-14-15-16-17-20-23-26-44(55)62-37-41(38-64-68(59,60)63-36-32-52)65-45(56)27-24-21-18-19-22-25-33-53-34-35-54-48(57)66-42-30-31-50(58,39-51)47(46(42)61-5)49(4)43(67-49)29-28-40(2)3/h28,41-43,46-47,53,58H,6-27,29-39,52H2,1-5H3,(H,54,57)(H,59,60)/t41?,42-,43-,46-,47-,49+,50+/m1/s1. The van der Waals surface area contributed by atoms with Crippen LogP contribution in [0.25, 0.3) is 0 Å². The molecule has 0 bridgehead atoms. The van der Waals surface area contributed by atoms with Crippen molar-refractivity contribution in [3.63, 3.8) is 0 Å². The summed E-state index contributed by atoms with van der Waals surface area (Å²) in [6, 6.07) is 0. The predicted molar refractivity (Wildman–Crippen MR) is 267 cm³/mol. The molecule has 1 aliphatic heterocycles. The lowest BCUT2D eigenvalue weighted by Gasteiger charge is -2.48. The van der Waals surface area contributed by atoms with Crippen LogP contribution in [0.15, 0.2) is 11.6 Å². The number of carbonyl (C=O) groups excluding carboxylic acids is 3. The maximum atomic E-state index is 12.8. The molecule has 2 rings (SSSR count). The highest BCUT2D eigenvalue weighted by Crippen LogP contribution is 2.55. The monoisotopic (exact) mass is 1010 g/mol. The molecule has 0 spiro atoms. The fraction of sp³-hybridized carbons (Fsp3) is 0.900. The van der Waals surface area contributed by atoms with E-state index in [1.54, 1.807) is 7.11 Å². The van der Waals surface area contributed by atoms with Gasteiger partial charge in [0.25, 0.3) is 0 Å². The van der Waals surface area contributed by atoms with Gasteiger partial charge in [-0.2, -0.15) is 0 Å². The number of halogens is 1. The number of unbranched alkanes of at least 4 members (excludes halogenated alkanes) is 18. The van der Waals surface area contributed by atoms with E-state index in [-0.39, 0.29) is 44.6 Å². The molecule has 398 valence electrons. The smallest absolute Gasteiger partial charge is 0.462 e. The van der Waals surface area contributed by atoms with Crippen molar-refractivity contribution in [2.75, 3.05) is 59.0 Å². The summed E-state index contributed by atoms with van der Waals surface area (Å²) < 4.78 is 50.8. The molecule has 1 saturated heterocycles. The molecule has 0 aromatic heterocycles. The fourth-order valence-corrected chi connectivity index (χ4v) is 10.1. The fourth-order valence-electron chi connectivity index (χ4n) is 9.08. The zero-order valence-electron chi connectivity index (χ0n) is 42.6. The molecule has 0 aromatic rings. The summed E-state index contributed by atoms with van der Waals surface area (Å²) in [6.45, 7) is 9.10. The summed E-state index contributed by atoms with van der Waals surface area (Å²) >= 11 is 6.31. The number of amides is 1. The Morgan fingerprint density at radius 1 is 0.838 bits per heavy atom. The number of phosphoric acid groups is 1. The Hall–Kier alpha value is -1.85. The van der Waals surface area contributed by atoms with Gasteiger partial charge >= 0.3 is 25.9 Å². The number of nitrogens with one attached hydrogen (secondary N) is 2. The highest BCUT2D eigenvalue weighted by Gasteiger charge is 2.67. The summed E-state index contributed by atoms with van der Waals surface area (Å²) in [4.78, 5) is 47.9. The van der Waals surface area contributed by atoms with E-state index in [4.69, 9.17) is 50.1 Å². The first kappa shape index (κ1) is 62.3. The number of allylic oxidation sites excluding steroid dienone is 1. The average Bonchev–Trinajstić information content (AvgIpc) is 3.98. The topological polar surface area (TPSA) is 227 Å². The van der Waals surface area contributed by atoms with Crippen LogP contribution < -0.4 is 16.4 Å². The zero-order chi connectivity index (χ0) is 50.1. The van der Waals surface area contributed by atoms with Crippen molar-refractivity contribution >= 4 is 37.5 Å². The third-order valence-corrected chi connectivity index (χ3v) is 14.5. The van der Waals surface area contributed by atoms with Gasteiger partial charge < -0.3 is 50.1 Å². The van der Waals surface area contributed by atoms with Gasteiger partial charge in [0.05, 0.1) is 36.7 Å². The van der Waals surface area contributed by atoms with Crippen LogP contribution in [-0.4, -0.2) is 123 Å². The third-order valence-electron chi connectivity index (χ3n) is 13.0. The predicted octanol–water partition coefficient (Wildman–Crippen LogP) is 9.73. The normalized spacial score (nSPS) is 23.6. The Labute approximate surface area is 414 Å². The quantitative estimate of drug-likeness (QED) is 0.00730. The Morgan fingerprint density at radius 3 is 1.97 bits per heavy atom. The van der Waals surface area contributed by atoms with E-state index in [1.165, 1.54) is 69.8 Å². The molecule has 2 unspecified atom stereocenters. The molecule has 16 nitrogen and oxygen atoms in total. The Kier molecular flexibility index (Phi) is 33.1. The molecular formula is C50H93ClN3O13P. The van der Waals surface area contributed by atoms with E-state index in [0.29, 0.717) is 38.8 Å². The second kappa shape index (κ2) is 36.1. The number of nitrogens with two attached hydrogens (primary N) is 1. The molecular weight excluding hydrogens is 917 g/mol. The van der Waals surface area contributed by atoms with Crippen LogP contribution in [0.5, 0.6) is 0 Å². The summed E-state index contributed by atoms with van der Waals surface area (Å²) in [5.74, 6) is -1.37. The van der Waals surface area contributed by atoms with Crippen molar-refractivity contribution in [2.45, 2.75) is 224 Å². The summed E-state index contributed by atoms with van der Waals surface area (Å²) in [5.41, 5.74) is 4.68. The SMILES string of the molecule is CCCCCCCCCCCCCCCCC(=O)OCC(COP(=O)(O)OCCN)OC(=O)CCCCCCCCNCCNC(=O)O[C@@H]1CC[C@](O)(CCl)[C@@H]([C@@]2(C)O[C@@H]2CC=C(C)C)[C@@H]1OC. The largest absolute Gasteiger partial charge is 0.472 e. The number of aliphatic hydroxyl groups is 1. The number of rotatable bonds is 42. The number of hydrogen-bond acceptors (Lipinski definition) is 14. The van der Waals surface area contributed by atoms with E-state index in [9.17, 15) is 28.9 Å². The van der Waals surface area contributed by atoms with E-state index in [1.807, 2.05) is 20.8 Å². The van der Waals surface area contributed by atoms with Gasteiger partial charge in [-0.1, -0.05) is 128 Å². The van der Waals surface area contributed by atoms with E-state index in [0.717, 1.165) is 64.3 Å². The van der Waals surface area contributed by atoms with Gasteiger partial charge in [-0.05, 0) is 65.8 Å². The minimum atomic E-state index is -4.43. The van der Waals surface area contributed by atoms with Crippen molar-refractivity contribution in [3.8, 4) is 0 Å². The molecule has 1 aliphatic carbocycles. The van der Waals surface area contributed by atoms with Gasteiger partial charge in [-0.25, -0.2) is 9.36 Å². The number of methoxy groups -OCH3 is 1. The number of esters is 2. The Bertz CT molecular complexity index is 1460. The highest BCUT2D eigenvalue weighted by atomic mass is 35.5. The van der Waals surface area contributed by atoms with Crippen molar-refractivity contribution < 1.29 is 61.7 Å². The first-order valence-corrected chi connectivity index (χ1v) is 28.1. The van der Waals surface area contributed by atoms with Gasteiger partial charge in [0.2, 0.25) is 0 Å². The minimum absolute atomic E-state index is 0.0232. The van der Waals surface area contributed by atoms with Crippen LogP contribution in [0.1, 0.15) is 188 Å². The van der Waals surface area contributed by atoms with E-state index < -0.39 is 67.9 Å². The number of alkyl carbamates (subject to hydrolysis) is 1. The van der Waals surface area contributed by atoms with Crippen LogP contribution in [0.4, 0.5) is 4.79 Å². The van der Waals surface area contributed by atoms with E-state index >= 15 is 0 Å². The van der Waals surface area contributed by atoms with Gasteiger partial charge in [0.15, 0.2) is 6.10 Å². The van der Waals surface area contributed by atoms with E-state index in [2.05, 4.69) is 23.6 Å². The molecule has 0 aromatic carbocycles. The second-order valence-electron chi connectivity index (χ2n) is 19.3. The molecule has 0 radical (unpaired) electrons. The van der Waals surface area contributed by atoms with Crippen LogP contribution in [0, 0.1) is 5.92 Å². The lowest BCUT2D eigenvalue weighted by molar-refractivity contribution is -0.170. The molecule has 1 heterocycles. The lowest BCUT2D eigenvalue weighted by Crippen LogP contribution is -2.61. The van der Waals surface area contributed by atoms with Crippen molar-refractivity contribution in [1.82, 2.24) is 10.6 Å². The number of epoxide rings is 1. The first-order valence-electron chi connectivity index (χ1n) is 26.1. The van der Waals surface area contributed by atoms with Crippen molar-refractivity contribution in [2.24, 2.45) is 11.7 Å². The number of alkyl halides is 1. The Balaban J connectivity index is 1.58. The molecule has 8 atom stereocenters. The molecule has 1 amide bonds.